The summed E-state index contributed by atoms with van der Waals surface area (Å²) in [5.41, 5.74) is 0.675. The lowest BCUT2D eigenvalue weighted by Crippen LogP contribution is -1.96. The maximum Gasteiger partial charge on any atom is 0.235 e. The second-order valence-corrected chi connectivity index (χ2v) is 5.99. The smallest absolute Gasteiger partial charge is 0.235 e. The Morgan fingerprint density at radius 3 is 2.29 bits per heavy atom. The minimum atomic E-state index is -0.496. The number of ether oxygens (including phenoxy) is 2. The minimum Gasteiger partial charge on any atom is -0.495 e. The Kier molecular flexibility index (Phi) is 7.08. The third-order valence-electron chi connectivity index (χ3n) is 2.81. The van der Waals surface area contributed by atoms with Crippen LogP contribution in [0.25, 0.3) is 6.08 Å². The Morgan fingerprint density at radius 1 is 1.29 bits per heavy atom. The molecule has 0 unspecified atom stereocenters. The summed E-state index contributed by atoms with van der Waals surface area (Å²) in [5.74, 6) is 2.95. The van der Waals surface area contributed by atoms with Crippen molar-refractivity contribution in [1.29, 1.82) is 0 Å². The van der Waals surface area contributed by atoms with Crippen LogP contribution < -0.4 is 9.47 Å². The number of nitrogens with zero attached hydrogens (tertiary/aromatic N) is 1. The van der Waals surface area contributed by atoms with Gasteiger partial charge in [-0.3, -0.25) is 10.1 Å². The van der Waals surface area contributed by atoms with Crippen molar-refractivity contribution in [3.8, 4) is 11.5 Å². The van der Waals surface area contributed by atoms with E-state index in [0.29, 0.717) is 23.0 Å². The van der Waals surface area contributed by atoms with Gasteiger partial charge in [-0.2, -0.15) is 0 Å². The lowest BCUT2D eigenvalue weighted by molar-refractivity contribution is -0.400. The summed E-state index contributed by atoms with van der Waals surface area (Å²) in [7, 11) is 3.17. The lowest BCUT2D eigenvalue weighted by atomic mass is 10.2. The van der Waals surface area contributed by atoms with Gasteiger partial charge >= 0.3 is 0 Å². The molecule has 0 radical (unpaired) electrons. The largest absolute Gasteiger partial charge is 0.495 e. The second kappa shape index (κ2) is 8.56. The number of hydrogen-bond acceptors (Lipinski definition) is 5. The van der Waals surface area contributed by atoms with Gasteiger partial charge in [-0.25, -0.2) is 0 Å². The summed E-state index contributed by atoms with van der Waals surface area (Å²) < 4.78 is 10.8. The van der Waals surface area contributed by atoms with Crippen LogP contribution in [0.15, 0.2) is 23.2 Å². The lowest BCUT2D eigenvalue weighted by Gasteiger charge is -2.14. The first-order chi connectivity index (χ1) is 9.97. The van der Waals surface area contributed by atoms with Gasteiger partial charge in [0.25, 0.3) is 0 Å². The topological polar surface area (TPSA) is 61.6 Å². The zero-order chi connectivity index (χ0) is 15.8. The Labute approximate surface area is 129 Å². The molecule has 0 fully saturated rings. The highest BCUT2D eigenvalue weighted by Crippen LogP contribution is 2.39. The molecule has 0 spiro atoms. The van der Waals surface area contributed by atoms with Crippen molar-refractivity contribution in [2.75, 3.05) is 20.0 Å². The van der Waals surface area contributed by atoms with Gasteiger partial charge in [-0.15, -0.1) is 11.8 Å². The summed E-state index contributed by atoms with van der Waals surface area (Å²) in [4.78, 5) is 10.8. The van der Waals surface area contributed by atoms with Crippen LogP contribution in [0.2, 0.25) is 0 Å². The summed E-state index contributed by atoms with van der Waals surface area (Å²) in [5, 5.41) is 10.4. The number of methoxy groups -OCH3 is 2. The standard InChI is InChI=1S/C15H21NO4S/c1-11(2)6-8-21-15-13(19-3)9-12(5-7-16(17)18)10-14(15)20-4/h5,7,9-11H,6,8H2,1-4H3/b7-5+. The molecule has 116 valence electrons. The van der Waals surface area contributed by atoms with Gasteiger partial charge in [0.1, 0.15) is 11.5 Å². The molecule has 0 aliphatic heterocycles. The molecule has 0 heterocycles. The van der Waals surface area contributed by atoms with E-state index in [1.165, 1.54) is 6.08 Å². The van der Waals surface area contributed by atoms with E-state index in [1.54, 1.807) is 38.1 Å². The van der Waals surface area contributed by atoms with Crippen LogP contribution in [0.5, 0.6) is 11.5 Å². The molecule has 0 saturated heterocycles. The van der Waals surface area contributed by atoms with E-state index in [0.717, 1.165) is 23.3 Å². The third kappa shape index (κ3) is 5.67. The first-order valence-electron chi connectivity index (χ1n) is 6.68. The predicted octanol–water partition coefficient (Wildman–Crippen LogP) is 4.09. The van der Waals surface area contributed by atoms with E-state index in [1.807, 2.05) is 0 Å². The molecule has 0 aromatic heterocycles. The van der Waals surface area contributed by atoms with Gasteiger partial charge in [0.2, 0.25) is 6.20 Å². The van der Waals surface area contributed by atoms with Crippen molar-refractivity contribution in [2.24, 2.45) is 5.92 Å². The van der Waals surface area contributed by atoms with Crippen LogP contribution in [-0.4, -0.2) is 24.9 Å². The predicted molar refractivity (Wildman–Crippen MR) is 85.8 cm³/mol. The summed E-state index contributed by atoms with van der Waals surface area (Å²) in [6.07, 6.45) is 3.42. The highest BCUT2D eigenvalue weighted by atomic mass is 32.2. The van der Waals surface area contributed by atoms with Crippen LogP contribution in [0.4, 0.5) is 0 Å². The Hall–Kier alpha value is -1.69. The van der Waals surface area contributed by atoms with Gasteiger partial charge in [0.05, 0.1) is 24.0 Å². The van der Waals surface area contributed by atoms with Crippen LogP contribution in [0, 0.1) is 16.0 Å². The Morgan fingerprint density at radius 2 is 1.86 bits per heavy atom. The molecule has 1 aromatic rings. The molecular weight excluding hydrogens is 290 g/mol. The Bertz CT molecular complexity index is 489. The fourth-order valence-corrected chi connectivity index (χ4v) is 3.04. The van der Waals surface area contributed by atoms with Crippen molar-refractivity contribution in [3.63, 3.8) is 0 Å². The van der Waals surface area contributed by atoms with E-state index in [2.05, 4.69) is 13.8 Å². The molecule has 1 rings (SSSR count). The van der Waals surface area contributed by atoms with Gasteiger partial charge < -0.3 is 9.47 Å². The molecule has 21 heavy (non-hydrogen) atoms. The van der Waals surface area contributed by atoms with Crippen molar-refractivity contribution >= 4 is 17.8 Å². The molecule has 0 bridgehead atoms. The number of hydrogen-bond donors (Lipinski definition) is 0. The van der Waals surface area contributed by atoms with Gasteiger partial charge in [0, 0.05) is 6.08 Å². The zero-order valence-corrected chi connectivity index (χ0v) is 13.6. The molecule has 0 N–H and O–H groups in total. The number of nitro groups is 1. The van der Waals surface area contributed by atoms with Crippen molar-refractivity contribution in [3.05, 3.63) is 34.0 Å². The molecular formula is C15H21NO4S. The van der Waals surface area contributed by atoms with Crippen LogP contribution in [0.1, 0.15) is 25.8 Å². The molecule has 0 amide bonds. The van der Waals surface area contributed by atoms with Crippen molar-refractivity contribution < 1.29 is 14.4 Å². The highest BCUT2D eigenvalue weighted by Gasteiger charge is 2.13. The molecule has 0 atom stereocenters. The van der Waals surface area contributed by atoms with Gasteiger partial charge in [0.15, 0.2) is 0 Å². The molecule has 0 saturated carbocycles. The normalized spacial score (nSPS) is 11.1. The van der Waals surface area contributed by atoms with Crippen LogP contribution >= 0.6 is 11.8 Å². The van der Waals surface area contributed by atoms with Crippen molar-refractivity contribution in [2.45, 2.75) is 25.2 Å². The summed E-state index contributed by atoms with van der Waals surface area (Å²) in [6.45, 7) is 4.36. The first-order valence-corrected chi connectivity index (χ1v) is 7.67. The molecule has 0 aliphatic rings. The average molecular weight is 311 g/mol. The second-order valence-electron chi connectivity index (χ2n) is 4.89. The van der Waals surface area contributed by atoms with E-state index >= 15 is 0 Å². The quantitative estimate of drug-likeness (QED) is 0.411. The number of benzene rings is 1. The number of rotatable bonds is 8. The van der Waals surface area contributed by atoms with Crippen LogP contribution in [0.3, 0.4) is 0 Å². The SMILES string of the molecule is COc1cc(/C=C/[N+](=O)[O-])cc(OC)c1SCCC(C)C. The van der Waals surface area contributed by atoms with E-state index in [-0.39, 0.29) is 0 Å². The highest BCUT2D eigenvalue weighted by molar-refractivity contribution is 7.99. The summed E-state index contributed by atoms with van der Waals surface area (Å²) in [6, 6.07) is 3.56. The molecule has 5 nitrogen and oxygen atoms in total. The van der Waals surface area contributed by atoms with E-state index < -0.39 is 4.92 Å². The first kappa shape index (κ1) is 17.4. The fourth-order valence-electron chi connectivity index (χ4n) is 1.68. The monoisotopic (exact) mass is 311 g/mol. The third-order valence-corrected chi connectivity index (χ3v) is 3.94. The number of thioether (sulfide) groups is 1. The summed E-state index contributed by atoms with van der Waals surface area (Å²) >= 11 is 1.68. The zero-order valence-electron chi connectivity index (χ0n) is 12.8. The molecule has 0 aliphatic carbocycles. The van der Waals surface area contributed by atoms with Gasteiger partial charge in [-0.05, 0) is 35.8 Å². The van der Waals surface area contributed by atoms with Crippen LogP contribution in [-0.2, 0) is 0 Å². The van der Waals surface area contributed by atoms with Crippen molar-refractivity contribution in [1.82, 2.24) is 0 Å². The van der Waals surface area contributed by atoms with E-state index in [4.69, 9.17) is 9.47 Å². The maximum absolute atomic E-state index is 10.4. The maximum atomic E-state index is 10.4. The minimum absolute atomic E-state index is 0.496. The van der Waals surface area contributed by atoms with E-state index in [9.17, 15) is 10.1 Å². The Balaban J connectivity index is 3.03. The van der Waals surface area contributed by atoms with Gasteiger partial charge in [-0.1, -0.05) is 13.8 Å². The average Bonchev–Trinajstić information content (AvgIpc) is 2.44. The molecule has 1 aromatic carbocycles. The fraction of sp³-hybridized carbons (Fsp3) is 0.467. The molecule has 6 heteroatoms.